The van der Waals surface area contributed by atoms with Crippen molar-refractivity contribution in [1.29, 1.82) is 0 Å². The minimum absolute atomic E-state index is 0.257. The number of nitrogens with zero attached hydrogens (tertiary/aromatic N) is 1. The molecule has 0 saturated heterocycles. The second-order valence-electron chi connectivity index (χ2n) is 5.14. The van der Waals surface area contributed by atoms with E-state index in [1.807, 2.05) is 0 Å². The third-order valence-electron chi connectivity index (χ3n) is 3.26. The Morgan fingerprint density at radius 1 is 0.880 bits per heavy atom. The number of carbonyl (C=O) groups is 3. The smallest absolute Gasteiger partial charge is 0.325 e. The predicted molar refractivity (Wildman–Crippen MR) is 89.0 cm³/mol. The molecule has 0 N–H and O–H groups in total. The molecule has 0 fully saturated rings. The van der Waals surface area contributed by atoms with Crippen molar-refractivity contribution in [3.05, 3.63) is 36.4 Å². The maximum atomic E-state index is 11.9. The van der Waals surface area contributed by atoms with Gasteiger partial charge in [0.25, 0.3) is 0 Å². The number of carbonyl (C=O) groups excluding carboxylic acids is 3. The molecule has 1 amide bonds. The predicted octanol–water partition coefficient (Wildman–Crippen LogP) is 4.14. The zero-order valence-corrected chi connectivity index (χ0v) is 14.0. The molecule has 3 rings (SSSR count). The molecule has 1 aliphatic rings. The van der Waals surface area contributed by atoms with E-state index in [2.05, 4.69) is 0 Å². The van der Waals surface area contributed by atoms with Gasteiger partial charge in [-0.05, 0) is 35.9 Å². The van der Waals surface area contributed by atoms with Gasteiger partial charge in [0, 0.05) is 26.0 Å². The molecule has 1 aliphatic heterocycles. The summed E-state index contributed by atoms with van der Waals surface area (Å²) in [5, 5.41) is -0.744. The molecule has 0 aliphatic carbocycles. The molecular weight excluding hydrogens is 350 g/mol. The Bertz CT molecular complexity index is 829. The molecule has 0 unspecified atom stereocenters. The maximum Gasteiger partial charge on any atom is 0.325 e. The van der Waals surface area contributed by atoms with Crippen LogP contribution in [-0.2, 0) is 9.59 Å². The summed E-state index contributed by atoms with van der Waals surface area (Å²) in [5.74, 6) is 0.0678. The quantitative estimate of drug-likeness (QED) is 0.346. The molecule has 0 bridgehead atoms. The van der Waals surface area contributed by atoms with Gasteiger partial charge in [-0.2, -0.15) is 0 Å². The second-order valence-corrected chi connectivity index (χ2v) is 5.46. The molecule has 0 spiro atoms. The van der Waals surface area contributed by atoms with Crippen LogP contribution in [0.1, 0.15) is 13.8 Å². The summed E-state index contributed by atoms with van der Waals surface area (Å²) < 4.78 is 15.8. The Hall–Kier alpha value is -3.06. The van der Waals surface area contributed by atoms with E-state index in [0.29, 0.717) is 11.4 Å². The summed E-state index contributed by atoms with van der Waals surface area (Å²) in [6.45, 7) is 2.55. The molecule has 0 saturated carbocycles. The van der Waals surface area contributed by atoms with Crippen molar-refractivity contribution in [2.75, 3.05) is 4.90 Å². The summed E-state index contributed by atoms with van der Waals surface area (Å²) in [5.41, 5.74) is 0.785. The summed E-state index contributed by atoms with van der Waals surface area (Å²) in [6.07, 6.45) is 0. The zero-order chi connectivity index (χ0) is 18.1. The van der Waals surface area contributed by atoms with Crippen LogP contribution in [0, 0.1) is 0 Å². The third-order valence-corrected chi connectivity index (χ3v) is 3.43. The minimum Gasteiger partial charge on any atom is -0.453 e. The van der Waals surface area contributed by atoms with Crippen LogP contribution < -0.4 is 19.1 Å². The summed E-state index contributed by atoms with van der Waals surface area (Å²) in [6, 6.07) is 9.08. The van der Waals surface area contributed by atoms with Gasteiger partial charge in [0.05, 0.1) is 11.4 Å². The van der Waals surface area contributed by atoms with Crippen molar-refractivity contribution in [2.45, 2.75) is 13.8 Å². The molecule has 2 aromatic carbocycles. The Morgan fingerprint density at radius 3 is 1.68 bits per heavy atom. The van der Waals surface area contributed by atoms with Gasteiger partial charge in [0.2, 0.25) is 0 Å². The van der Waals surface area contributed by atoms with Crippen LogP contribution in [0.4, 0.5) is 16.2 Å². The molecule has 0 atom stereocenters. The summed E-state index contributed by atoms with van der Waals surface area (Å²) >= 11 is 5.72. The van der Waals surface area contributed by atoms with Crippen molar-refractivity contribution < 1.29 is 28.6 Å². The molecule has 128 valence electrons. The molecular formula is C17H12ClNO6. The third kappa shape index (κ3) is 3.41. The fourth-order valence-corrected chi connectivity index (χ4v) is 2.60. The summed E-state index contributed by atoms with van der Waals surface area (Å²) in [4.78, 5) is 35.4. The van der Waals surface area contributed by atoms with Crippen molar-refractivity contribution in [2.24, 2.45) is 0 Å². The van der Waals surface area contributed by atoms with E-state index in [0.717, 1.165) is 0 Å². The van der Waals surface area contributed by atoms with E-state index in [1.165, 1.54) is 43.0 Å². The largest absolute Gasteiger partial charge is 0.453 e. The Morgan fingerprint density at radius 2 is 1.32 bits per heavy atom. The van der Waals surface area contributed by atoms with Crippen molar-refractivity contribution in [3.8, 4) is 23.0 Å². The van der Waals surface area contributed by atoms with Crippen molar-refractivity contribution in [3.63, 3.8) is 0 Å². The van der Waals surface area contributed by atoms with Gasteiger partial charge in [0.15, 0.2) is 11.5 Å². The minimum atomic E-state index is -0.744. The molecule has 0 aromatic heterocycles. The highest BCUT2D eigenvalue weighted by Gasteiger charge is 2.29. The van der Waals surface area contributed by atoms with Crippen LogP contribution >= 0.6 is 11.6 Å². The van der Waals surface area contributed by atoms with Gasteiger partial charge in [-0.15, -0.1) is 0 Å². The first kappa shape index (κ1) is 16.8. The highest BCUT2D eigenvalue weighted by Crippen LogP contribution is 2.49. The molecule has 7 nitrogen and oxygen atoms in total. The van der Waals surface area contributed by atoms with Gasteiger partial charge in [-0.25, -0.2) is 0 Å². The molecule has 2 aromatic rings. The van der Waals surface area contributed by atoms with Crippen LogP contribution in [0.2, 0.25) is 0 Å². The molecule has 1 heterocycles. The van der Waals surface area contributed by atoms with E-state index in [-0.39, 0.29) is 23.0 Å². The van der Waals surface area contributed by atoms with Gasteiger partial charge < -0.3 is 14.2 Å². The monoisotopic (exact) mass is 361 g/mol. The van der Waals surface area contributed by atoms with Gasteiger partial charge in [-0.3, -0.25) is 19.3 Å². The summed E-state index contributed by atoms with van der Waals surface area (Å²) in [7, 11) is 0. The second kappa shape index (κ2) is 6.45. The SMILES string of the molecule is CC(=O)Oc1ccc2c(c1)Oc1cc(OC(C)=O)ccc1N2C(=O)Cl. The number of anilines is 2. The van der Waals surface area contributed by atoms with Crippen molar-refractivity contribution >= 4 is 40.3 Å². The normalized spacial score (nSPS) is 11.7. The van der Waals surface area contributed by atoms with E-state index < -0.39 is 17.3 Å². The number of halogens is 1. The average molecular weight is 362 g/mol. The number of hydrogen-bond donors (Lipinski definition) is 0. The number of ether oxygens (including phenoxy) is 3. The van der Waals surface area contributed by atoms with Gasteiger partial charge in [-0.1, -0.05) is 0 Å². The number of amides is 1. The Balaban J connectivity index is 2.06. The van der Waals surface area contributed by atoms with E-state index in [4.69, 9.17) is 25.8 Å². The maximum absolute atomic E-state index is 11.9. The van der Waals surface area contributed by atoms with Crippen molar-refractivity contribution in [1.82, 2.24) is 0 Å². The highest BCUT2D eigenvalue weighted by molar-refractivity contribution is 6.67. The van der Waals surface area contributed by atoms with Crippen LogP contribution in [0.5, 0.6) is 23.0 Å². The first-order chi connectivity index (χ1) is 11.8. The Labute approximate surface area is 147 Å². The number of rotatable bonds is 2. The highest BCUT2D eigenvalue weighted by atomic mass is 35.5. The lowest BCUT2D eigenvalue weighted by molar-refractivity contribution is -0.132. The van der Waals surface area contributed by atoms with Crippen LogP contribution in [0.15, 0.2) is 36.4 Å². The zero-order valence-electron chi connectivity index (χ0n) is 13.2. The molecule has 8 heteroatoms. The first-order valence-electron chi connectivity index (χ1n) is 7.17. The fourth-order valence-electron chi connectivity index (χ4n) is 2.42. The number of esters is 2. The van der Waals surface area contributed by atoms with Crippen LogP contribution in [-0.4, -0.2) is 17.3 Å². The fraction of sp³-hybridized carbons (Fsp3) is 0.118. The van der Waals surface area contributed by atoms with Crippen LogP contribution in [0.25, 0.3) is 0 Å². The number of hydrogen-bond acceptors (Lipinski definition) is 6. The van der Waals surface area contributed by atoms with E-state index in [1.54, 1.807) is 12.1 Å². The lowest BCUT2D eigenvalue weighted by Gasteiger charge is -2.29. The van der Waals surface area contributed by atoms with E-state index in [9.17, 15) is 14.4 Å². The van der Waals surface area contributed by atoms with Gasteiger partial charge >= 0.3 is 17.3 Å². The lowest BCUT2D eigenvalue weighted by atomic mass is 10.1. The number of benzene rings is 2. The van der Waals surface area contributed by atoms with Gasteiger partial charge in [0.1, 0.15) is 11.5 Å². The van der Waals surface area contributed by atoms with E-state index >= 15 is 0 Å². The van der Waals surface area contributed by atoms with Crippen LogP contribution in [0.3, 0.4) is 0 Å². The molecule has 25 heavy (non-hydrogen) atoms. The lowest BCUT2D eigenvalue weighted by Crippen LogP contribution is -2.23. The number of fused-ring (bicyclic) bond motifs is 2. The standard InChI is InChI=1S/C17H12ClNO6/c1-9(20)23-11-3-5-13-15(7-11)25-16-8-12(24-10(2)21)4-6-14(16)19(13)17(18)22/h3-8H,1-2H3. The first-order valence-corrected chi connectivity index (χ1v) is 7.55. The topological polar surface area (TPSA) is 82.1 Å². The Kier molecular flexibility index (Phi) is 4.33. The average Bonchev–Trinajstić information content (AvgIpc) is 2.50. The molecule has 0 radical (unpaired) electrons.